The van der Waals surface area contributed by atoms with Crippen LogP contribution < -0.4 is 5.32 Å². The largest absolute Gasteiger partial charge is 0.464 e. The van der Waals surface area contributed by atoms with Crippen LogP contribution in [-0.4, -0.2) is 18.1 Å². The van der Waals surface area contributed by atoms with Crippen molar-refractivity contribution < 1.29 is 9.53 Å². The van der Waals surface area contributed by atoms with Crippen LogP contribution in [0.1, 0.15) is 39.5 Å². The molecule has 110 valence electrons. The second-order valence-corrected chi connectivity index (χ2v) is 6.60. The van der Waals surface area contributed by atoms with Gasteiger partial charge in [0.2, 0.25) is 0 Å². The highest BCUT2D eigenvalue weighted by Crippen LogP contribution is 2.35. The van der Waals surface area contributed by atoms with Gasteiger partial charge in [-0.3, -0.25) is 0 Å². The normalized spacial score (nSPS) is 17.9. The maximum absolute atomic E-state index is 12.3. The molecule has 1 N–H and O–H groups in total. The first-order valence-corrected chi connectivity index (χ1v) is 8.04. The first kappa shape index (κ1) is 15.4. The molecule has 0 aromatic heterocycles. The second-order valence-electron chi connectivity index (χ2n) is 5.69. The topological polar surface area (TPSA) is 38.3 Å². The molecule has 20 heavy (non-hydrogen) atoms. The van der Waals surface area contributed by atoms with E-state index in [0.717, 1.165) is 16.6 Å². The third kappa shape index (κ3) is 3.75. The molecule has 2 rings (SSSR count). The van der Waals surface area contributed by atoms with Gasteiger partial charge in [-0.25, -0.2) is 4.79 Å². The van der Waals surface area contributed by atoms with Crippen molar-refractivity contribution >= 4 is 27.6 Å². The summed E-state index contributed by atoms with van der Waals surface area (Å²) in [6, 6.07) is 7.89. The average Bonchev–Trinajstić information content (AvgIpc) is 2.37. The molecule has 0 aliphatic heterocycles. The lowest BCUT2D eigenvalue weighted by Crippen LogP contribution is -2.47. The summed E-state index contributed by atoms with van der Waals surface area (Å²) in [4.78, 5) is 12.3. The van der Waals surface area contributed by atoms with E-state index in [0.29, 0.717) is 12.5 Å². The summed E-state index contributed by atoms with van der Waals surface area (Å²) >= 11 is 3.42. The number of rotatable bonds is 6. The van der Waals surface area contributed by atoms with Crippen LogP contribution in [0.5, 0.6) is 0 Å². The Morgan fingerprint density at radius 3 is 2.55 bits per heavy atom. The third-order valence-electron chi connectivity index (χ3n) is 3.91. The van der Waals surface area contributed by atoms with E-state index < -0.39 is 5.54 Å². The van der Waals surface area contributed by atoms with Crippen LogP contribution in [0, 0.1) is 5.92 Å². The number of anilines is 1. The molecular formula is C16H22BrNO2. The Morgan fingerprint density at radius 2 is 2.05 bits per heavy atom. The molecule has 0 amide bonds. The van der Waals surface area contributed by atoms with Gasteiger partial charge in [-0.15, -0.1) is 0 Å². The molecule has 1 fully saturated rings. The van der Waals surface area contributed by atoms with Gasteiger partial charge >= 0.3 is 5.97 Å². The van der Waals surface area contributed by atoms with E-state index in [-0.39, 0.29) is 5.97 Å². The van der Waals surface area contributed by atoms with Crippen molar-refractivity contribution in [1.82, 2.24) is 0 Å². The van der Waals surface area contributed by atoms with Crippen molar-refractivity contribution in [3.05, 3.63) is 28.7 Å². The monoisotopic (exact) mass is 339 g/mol. The van der Waals surface area contributed by atoms with Crippen molar-refractivity contribution in [2.75, 3.05) is 11.9 Å². The van der Waals surface area contributed by atoms with Gasteiger partial charge in [-0.05, 0) is 50.5 Å². The molecule has 3 nitrogen and oxygen atoms in total. The SMILES string of the molecule is CCOC(=O)C(C)(CC1CCC1)Nc1ccc(Br)cc1. The quantitative estimate of drug-likeness (QED) is 0.782. The molecule has 1 aliphatic rings. The van der Waals surface area contributed by atoms with Gasteiger partial charge in [-0.2, -0.15) is 0 Å². The number of carbonyl (C=O) groups excluding carboxylic acids is 1. The van der Waals surface area contributed by atoms with Crippen LogP contribution >= 0.6 is 15.9 Å². The van der Waals surface area contributed by atoms with Crippen molar-refractivity contribution in [3.8, 4) is 0 Å². The van der Waals surface area contributed by atoms with Crippen molar-refractivity contribution in [2.45, 2.75) is 45.1 Å². The Kier molecular flexibility index (Phi) is 5.08. The van der Waals surface area contributed by atoms with Crippen molar-refractivity contribution in [2.24, 2.45) is 5.92 Å². The van der Waals surface area contributed by atoms with Crippen LogP contribution in [0.2, 0.25) is 0 Å². The van der Waals surface area contributed by atoms with E-state index in [1.807, 2.05) is 38.1 Å². The van der Waals surface area contributed by atoms with Gasteiger partial charge in [-0.1, -0.05) is 35.2 Å². The highest BCUT2D eigenvalue weighted by molar-refractivity contribution is 9.10. The molecule has 4 heteroatoms. The minimum absolute atomic E-state index is 0.158. The number of halogens is 1. The fourth-order valence-corrected chi connectivity index (χ4v) is 2.87. The van der Waals surface area contributed by atoms with E-state index in [9.17, 15) is 4.79 Å². The molecule has 0 heterocycles. The molecule has 0 bridgehead atoms. The number of carbonyl (C=O) groups is 1. The van der Waals surface area contributed by atoms with Crippen LogP contribution in [0.15, 0.2) is 28.7 Å². The fraction of sp³-hybridized carbons (Fsp3) is 0.562. The summed E-state index contributed by atoms with van der Waals surface area (Å²) < 4.78 is 6.29. The first-order chi connectivity index (χ1) is 9.53. The Morgan fingerprint density at radius 1 is 1.40 bits per heavy atom. The number of benzene rings is 1. The zero-order valence-electron chi connectivity index (χ0n) is 12.1. The second kappa shape index (κ2) is 6.61. The summed E-state index contributed by atoms with van der Waals surface area (Å²) in [7, 11) is 0. The summed E-state index contributed by atoms with van der Waals surface area (Å²) in [5.74, 6) is 0.474. The molecule has 0 radical (unpaired) electrons. The molecule has 0 spiro atoms. The number of esters is 1. The summed E-state index contributed by atoms with van der Waals surface area (Å²) in [6.07, 6.45) is 4.55. The van der Waals surface area contributed by atoms with Crippen LogP contribution in [-0.2, 0) is 9.53 Å². The lowest BCUT2D eigenvalue weighted by Gasteiger charge is -2.36. The zero-order valence-corrected chi connectivity index (χ0v) is 13.7. The van der Waals surface area contributed by atoms with Crippen molar-refractivity contribution in [3.63, 3.8) is 0 Å². The third-order valence-corrected chi connectivity index (χ3v) is 4.44. The van der Waals surface area contributed by atoms with Crippen molar-refractivity contribution in [1.29, 1.82) is 0 Å². The Hall–Kier alpha value is -1.03. The van der Waals surface area contributed by atoms with E-state index in [2.05, 4.69) is 21.2 Å². The predicted octanol–water partition coefficient (Wildman–Crippen LogP) is 4.37. The highest BCUT2D eigenvalue weighted by Gasteiger charge is 2.38. The van der Waals surface area contributed by atoms with Crippen LogP contribution in [0.25, 0.3) is 0 Å². The van der Waals surface area contributed by atoms with Crippen LogP contribution in [0.4, 0.5) is 5.69 Å². The van der Waals surface area contributed by atoms with Gasteiger partial charge < -0.3 is 10.1 Å². The molecule has 1 atom stereocenters. The first-order valence-electron chi connectivity index (χ1n) is 7.24. The predicted molar refractivity (Wildman–Crippen MR) is 84.8 cm³/mol. The molecule has 1 aliphatic carbocycles. The number of hydrogen-bond donors (Lipinski definition) is 1. The minimum Gasteiger partial charge on any atom is -0.464 e. The Bertz CT molecular complexity index is 456. The smallest absolute Gasteiger partial charge is 0.331 e. The lowest BCUT2D eigenvalue weighted by molar-refractivity contribution is -0.148. The summed E-state index contributed by atoms with van der Waals surface area (Å²) in [5.41, 5.74) is 0.303. The van der Waals surface area contributed by atoms with E-state index in [4.69, 9.17) is 4.74 Å². The molecule has 1 saturated carbocycles. The molecule has 1 aromatic carbocycles. The van der Waals surface area contributed by atoms with Gasteiger partial charge in [0.1, 0.15) is 5.54 Å². The maximum Gasteiger partial charge on any atom is 0.331 e. The fourth-order valence-electron chi connectivity index (χ4n) is 2.60. The maximum atomic E-state index is 12.3. The number of nitrogens with one attached hydrogen (secondary N) is 1. The van der Waals surface area contributed by atoms with Gasteiger partial charge in [0, 0.05) is 10.2 Å². The number of hydrogen-bond acceptors (Lipinski definition) is 3. The molecular weight excluding hydrogens is 318 g/mol. The number of ether oxygens (including phenoxy) is 1. The van der Waals surface area contributed by atoms with Crippen LogP contribution in [0.3, 0.4) is 0 Å². The van der Waals surface area contributed by atoms with Gasteiger partial charge in [0.05, 0.1) is 6.61 Å². The standard InChI is InChI=1S/C16H22BrNO2/c1-3-20-15(19)16(2,11-12-5-4-6-12)18-14-9-7-13(17)8-10-14/h7-10,12,18H,3-6,11H2,1-2H3. The summed E-state index contributed by atoms with van der Waals surface area (Å²) in [5, 5.41) is 3.37. The van der Waals surface area contributed by atoms with E-state index in [1.54, 1.807) is 0 Å². The molecule has 0 saturated heterocycles. The van der Waals surface area contributed by atoms with Gasteiger partial charge in [0.15, 0.2) is 0 Å². The highest BCUT2D eigenvalue weighted by atomic mass is 79.9. The minimum atomic E-state index is -0.644. The Balaban J connectivity index is 2.11. The molecule has 1 unspecified atom stereocenters. The van der Waals surface area contributed by atoms with E-state index in [1.165, 1.54) is 19.3 Å². The lowest BCUT2D eigenvalue weighted by atomic mass is 9.76. The summed E-state index contributed by atoms with van der Waals surface area (Å²) in [6.45, 7) is 4.22. The Labute approximate surface area is 129 Å². The average molecular weight is 340 g/mol. The van der Waals surface area contributed by atoms with E-state index >= 15 is 0 Å². The van der Waals surface area contributed by atoms with Gasteiger partial charge in [0.25, 0.3) is 0 Å². The molecule has 1 aromatic rings. The zero-order chi connectivity index (χ0) is 14.6.